The Hall–Kier alpha value is 0.0900. The minimum absolute atomic E-state index is 0.188. The molecule has 0 radical (unpaired) electrons. The summed E-state index contributed by atoms with van der Waals surface area (Å²) in [5.74, 6) is 0. The quantitative estimate of drug-likeness (QED) is 0.323. The fourth-order valence-corrected chi connectivity index (χ4v) is 0.853. The molecule has 48 valence electrons. The van der Waals surface area contributed by atoms with Crippen molar-refractivity contribution in [3.05, 3.63) is 17.9 Å². The lowest BCUT2D eigenvalue weighted by Crippen LogP contribution is -2.20. The molecule has 0 fully saturated rings. The zero-order valence-corrected chi connectivity index (χ0v) is 6.35. The number of hydroxylamine groups is 2. The van der Waals surface area contributed by atoms with Crippen molar-refractivity contribution in [3.8, 4) is 0 Å². The zero-order chi connectivity index (χ0) is 6.62. The van der Waals surface area contributed by atoms with E-state index in [9.17, 15) is 5.21 Å². The van der Waals surface area contributed by atoms with Gasteiger partial charge in [0.15, 0.2) is 0 Å². The van der Waals surface area contributed by atoms with E-state index in [1.54, 1.807) is 20.2 Å². The van der Waals surface area contributed by atoms with E-state index >= 15 is 0 Å². The van der Waals surface area contributed by atoms with Gasteiger partial charge in [0, 0.05) is 6.16 Å². The Morgan fingerprint density at radius 1 is 1.75 bits per heavy atom. The molecule has 1 unspecified atom stereocenters. The summed E-state index contributed by atoms with van der Waals surface area (Å²) in [7, 11) is 3.69. The average Bonchev–Trinajstić information content (AvgIpc) is 1.59. The summed E-state index contributed by atoms with van der Waals surface area (Å²) in [6.45, 7) is 3.52. The van der Waals surface area contributed by atoms with Crippen molar-refractivity contribution in [1.82, 2.24) is 0 Å². The number of nitrogens with zero attached hydrogens (tertiary/aromatic N) is 1. The molecule has 0 saturated carbocycles. The topological polar surface area (TPSA) is 23.1 Å². The van der Waals surface area contributed by atoms with Gasteiger partial charge in [-0.15, -0.1) is 6.58 Å². The van der Waals surface area contributed by atoms with Gasteiger partial charge in [0.05, 0.1) is 22.8 Å². The molecule has 0 heterocycles. The molecule has 0 aliphatic carbocycles. The summed E-state index contributed by atoms with van der Waals surface area (Å²) in [5.41, 5.74) is 0. The first-order valence-electron chi connectivity index (χ1n) is 2.47. The minimum atomic E-state index is -0.188. The van der Waals surface area contributed by atoms with Crippen molar-refractivity contribution >= 4 is 8.73 Å². The van der Waals surface area contributed by atoms with Crippen LogP contribution in [0.2, 0.25) is 0 Å². The van der Waals surface area contributed by atoms with Crippen LogP contribution in [0.5, 0.6) is 0 Å². The van der Waals surface area contributed by atoms with Crippen LogP contribution in [-0.2, 0) is 0 Å². The van der Waals surface area contributed by atoms with Crippen LogP contribution in [0.15, 0.2) is 12.7 Å². The highest BCUT2D eigenvalue weighted by atomic mass is 31.1. The van der Waals surface area contributed by atoms with Crippen molar-refractivity contribution in [2.75, 3.05) is 20.3 Å². The Kier molecular flexibility index (Phi) is 3.22. The van der Waals surface area contributed by atoms with E-state index in [1.807, 2.05) is 0 Å². The van der Waals surface area contributed by atoms with Crippen LogP contribution in [0, 0.1) is 5.21 Å². The molecule has 0 N–H and O–H groups in total. The number of allylic oxidation sites excluding steroid dienone is 1. The first-order chi connectivity index (χ1) is 3.56. The molecule has 0 aromatic carbocycles. The standard InChI is InChI=1S/C5H12NOP/c1-4-5-8-6(2,3)7/h4,8H,1,5H2,2-3H3. The summed E-state index contributed by atoms with van der Waals surface area (Å²) in [6, 6.07) is 0. The van der Waals surface area contributed by atoms with Gasteiger partial charge in [-0.1, -0.05) is 6.08 Å². The minimum Gasteiger partial charge on any atom is -0.632 e. The fraction of sp³-hybridized carbons (Fsp3) is 0.600. The predicted molar refractivity (Wildman–Crippen MR) is 38.9 cm³/mol. The molecule has 0 amide bonds. The van der Waals surface area contributed by atoms with Crippen LogP contribution < -0.4 is 0 Å². The molecule has 0 aliphatic rings. The van der Waals surface area contributed by atoms with Gasteiger partial charge in [-0.2, -0.15) is 0 Å². The largest absolute Gasteiger partial charge is 0.632 e. The highest BCUT2D eigenvalue weighted by Crippen LogP contribution is 2.21. The molecule has 0 rings (SSSR count). The molecule has 3 heteroatoms. The van der Waals surface area contributed by atoms with E-state index < -0.39 is 0 Å². The third-order valence-electron chi connectivity index (χ3n) is 0.616. The molecule has 0 aromatic heterocycles. The molecule has 2 nitrogen and oxygen atoms in total. The van der Waals surface area contributed by atoms with Gasteiger partial charge in [0.25, 0.3) is 0 Å². The van der Waals surface area contributed by atoms with Gasteiger partial charge in [-0.3, -0.25) is 0 Å². The molecular weight excluding hydrogens is 121 g/mol. The molecular formula is C5H12NOP. The molecule has 0 aromatic rings. The maximum Gasteiger partial charge on any atom is 0.0928 e. The summed E-state index contributed by atoms with van der Waals surface area (Å²) in [4.78, 5) is 0. The maximum atomic E-state index is 10.8. The lowest BCUT2D eigenvalue weighted by molar-refractivity contribution is -0.701. The number of hydrogen-bond acceptors (Lipinski definition) is 1. The average molecular weight is 133 g/mol. The number of rotatable bonds is 3. The van der Waals surface area contributed by atoms with Gasteiger partial charge in [0.2, 0.25) is 0 Å². The Morgan fingerprint density at radius 3 is 2.38 bits per heavy atom. The Balaban J connectivity index is 3.24. The monoisotopic (exact) mass is 133 g/mol. The Labute approximate surface area is 52.2 Å². The first kappa shape index (κ1) is 8.09. The number of quaternary nitrogens is 1. The smallest absolute Gasteiger partial charge is 0.0928 e. The van der Waals surface area contributed by atoms with Crippen molar-refractivity contribution in [1.29, 1.82) is 0 Å². The van der Waals surface area contributed by atoms with Crippen molar-refractivity contribution in [3.63, 3.8) is 0 Å². The molecule has 0 aliphatic heterocycles. The van der Waals surface area contributed by atoms with Gasteiger partial charge >= 0.3 is 0 Å². The van der Waals surface area contributed by atoms with Crippen LogP contribution in [-0.4, -0.2) is 24.7 Å². The second kappa shape index (κ2) is 3.18. The van der Waals surface area contributed by atoms with Crippen LogP contribution in [0.25, 0.3) is 0 Å². The van der Waals surface area contributed by atoms with Crippen LogP contribution >= 0.6 is 8.73 Å². The van der Waals surface area contributed by atoms with Crippen LogP contribution in [0.1, 0.15) is 0 Å². The van der Waals surface area contributed by atoms with E-state index in [-0.39, 0.29) is 4.42 Å². The molecule has 8 heavy (non-hydrogen) atoms. The first-order valence-corrected chi connectivity index (χ1v) is 3.62. The van der Waals surface area contributed by atoms with E-state index in [2.05, 4.69) is 6.58 Å². The van der Waals surface area contributed by atoms with Gasteiger partial charge < -0.3 is 9.62 Å². The van der Waals surface area contributed by atoms with Gasteiger partial charge in [-0.25, -0.2) is 0 Å². The van der Waals surface area contributed by atoms with Gasteiger partial charge in [0.1, 0.15) is 0 Å². The second-order valence-electron chi connectivity index (χ2n) is 2.00. The second-order valence-corrected chi connectivity index (χ2v) is 3.80. The lowest BCUT2D eigenvalue weighted by atomic mass is 10.8. The van der Waals surface area contributed by atoms with Gasteiger partial charge in [-0.05, 0) is 0 Å². The highest BCUT2D eigenvalue weighted by molar-refractivity contribution is 7.31. The molecule has 0 saturated heterocycles. The summed E-state index contributed by atoms with van der Waals surface area (Å²) in [5, 5.41) is 10.8. The third-order valence-corrected chi connectivity index (χ3v) is 1.85. The third kappa shape index (κ3) is 6.09. The Bertz CT molecular complexity index is 77.0. The normalized spacial score (nSPS) is 12.9. The maximum absolute atomic E-state index is 10.8. The summed E-state index contributed by atoms with van der Waals surface area (Å²) < 4.78 is -0.188. The van der Waals surface area contributed by atoms with Crippen molar-refractivity contribution in [2.45, 2.75) is 0 Å². The lowest BCUT2D eigenvalue weighted by Gasteiger charge is -2.32. The zero-order valence-electron chi connectivity index (χ0n) is 5.35. The van der Waals surface area contributed by atoms with Crippen LogP contribution in [0.4, 0.5) is 0 Å². The predicted octanol–water partition coefficient (Wildman–Crippen LogP) is 1.34. The van der Waals surface area contributed by atoms with E-state index in [0.717, 1.165) is 6.16 Å². The Morgan fingerprint density at radius 2 is 2.25 bits per heavy atom. The highest BCUT2D eigenvalue weighted by Gasteiger charge is 1.97. The van der Waals surface area contributed by atoms with E-state index in [0.29, 0.717) is 8.73 Å². The summed E-state index contributed by atoms with van der Waals surface area (Å²) in [6.07, 6.45) is 2.60. The molecule has 1 atom stereocenters. The molecule has 0 spiro atoms. The fourth-order valence-electron chi connectivity index (χ4n) is 0.284. The molecule has 0 bridgehead atoms. The summed E-state index contributed by atoms with van der Waals surface area (Å²) >= 11 is 0. The van der Waals surface area contributed by atoms with E-state index in [1.165, 1.54) is 0 Å². The van der Waals surface area contributed by atoms with Crippen LogP contribution in [0.3, 0.4) is 0 Å². The van der Waals surface area contributed by atoms with Crippen molar-refractivity contribution < 1.29 is 4.42 Å². The number of hydrogen-bond donors (Lipinski definition) is 0. The van der Waals surface area contributed by atoms with Crippen molar-refractivity contribution in [2.24, 2.45) is 0 Å². The SMILES string of the molecule is C=CCP[N+](C)(C)[O-]. The van der Waals surface area contributed by atoms with E-state index in [4.69, 9.17) is 0 Å².